The summed E-state index contributed by atoms with van der Waals surface area (Å²) in [5.74, 6) is 0.930. The van der Waals surface area contributed by atoms with E-state index in [1.165, 1.54) is 0 Å². The molecule has 0 fully saturated rings. The fourth-order valence-corrected chi connectivity index (χ4v) is 1.89. The Morgan fingerprint density at radius 2 is 2.24 bits per heavy atom. The van der Waals surface area contributed by atoms with Crippen molar-refractivity contribution < 1.29 is 0 Å². The third-order valence-corrected chi connectivity index (χ3v) is 2.94. The molecule has 0 aliphatic heterocycles. The minimum atomic E-state index is 0. The van der Waals surface area contributed by atoms with Crippen molar-refractivity contribution in [3.63, 3.8) is 0 Å². The summed E-state index contributed by atoms with van der Waals surface area (Å²) in [7, 11) is 2.06. The zero-order valence-corrected chi connectivity index (χ0v) is 15.6. The Morgan fingerprint density at radius 3 is 2.86 bits per heavy atom. The number of hydrogen-bond donors (Lipinski definition) is 1. The van der Waals surface area contributed by atoms with Gasteiger partial charge in [-0.2, -0.15) is 0 Å². The number of nitrogens with zero attached hydrogens (tertiary/aromatic N) is 3. The molecule has 0 aliphatic rings. The van der Waals surface area contributed by atoms with Crippen molar-refractivity contribution in [1.82, 2.24) is 15.2 Å². The zero-order valence-electron chi connectivity index (χ0n) is 13.3. The van der Waals surface area contributed by atoms with Crippen LogP contribution in [0.25, 0.3) is 0 Å². The van der Waals surface area contributed by atoms with Crippen molar-refractivity contribution in [1.29, 1.82) is 0 Å². The first kappa shape index (κ1) is 19.9. The highest BCUT2D eigenvalue weighted by molar-refractivity contribution is 14.0. The second-order valence-electron chi connectivity index (χ2n) is 4.79. The maximum atomic E-state index is 4.65. The highest BCUT2D eigenvalue weighted by Gasteiger charge is 2.04. The number of halogens is 1. The molecule has 0 atom stereocenters. The molecule has 1 N–H and O–H groups in total. The molecule has 4 nitrogen and oxygen atoms in total. The molecule has 0 unspecified atom stereocenters. The molecular weight excluding hydrogens is 375 g/mol. The number of unbranched alkanes of at least 4 members (excludes halogenated alkanes) is 1. The summed E-state index contributed by atoms with van der Waals surface area (Å²) < 4.78 is 0. The van der Waals surface area contributed by atoms with Crippen LogP contribution in [0.2, 0.25) is 0 Å². The van der Waals surface area contributed by atoms with Crippen molar-refractivity contribution in [2.45, 2.75) is 33.2 Å². The third kappa shape index (κ3) is 8.04. The standard InChI is InChI=1S/C16H26N4.HI/c1-5-7-8-12-20(4)16(17-6-2)18-13-15-11-9-10-14(3)19-15;/h5,9-11H,1,6-8,12-13H2,2-4H3,(H,17,18);1H. The quantitative estimate of drug-likeness (QED) is 0.250. The summed E-state index contributed by atoms with van der Waals surface area (Å²) in [4.78, 5) is 11.3. The summed E-state index contributed by atoms with van der Waals surface area (Å²) >= 11 is 0. The molecule has 1 heterocycles. The van der Waals surface area contributed by atoms with Gasteiger partial charge in [-0.3, -0.25) is 4.98 Å². The fourth-order valence-electron chi connectivity index (χ4n) is 1.89. The second kappa shape index (κ2) is 11.5. The maximum Gasteiger partial charge on any atom is 0.194 e. The number of pyridine rings is 1. The Morgan fingerprint density at radius 1 is 1.48 bits per heavy atom. The van der Waals surface area contributed by atoms with Crippen LogP contribution < -0.4 is 5.32 Å². The number of nitrogens with one attached hydrogen (secondary N) is 1. The minimum Gasteiger partial charge on any atom is -0.357 e. The zero-order chi connectivity index (χ0) is 14.8. The highest BCUT2D eigenvalue weighted by Crippen LogP contribution is 2.01. The highest BCUT2D eigenvalue weighted by atomic mass is 127. The SMILES string of the molecule is C=CCCCN(C)C(=NCc1cccc(C)n1)NCC.I. The van der Waals surface area contributed by atoms with Crippen LogP contribution in [0.3, 0.4) is 0 Å². The van der Waals surface area contributed by atoms with Crippen LogP contribution in [-0.4, -0.2) is 36.0 Å². The van der Waals surface area contributed by atoms with E-state index in [1.54, 1.807) is 0 Å². The first-order valence-electron chi connectivity index (χ1n) is 7.20. The van der Waals surface area contributed by atoms with Gasteiger partial charge < -0.3 is 10.2 Å². The van der Waals surface area contributed by atoms with Gasteiger partial charge in [-0.05, 0) is 38.8 Å². The second-order valence-corrected chi connectivity index (χ2v) is 4.79. The predicted molar refractivity (Wildman–Crippen MR) is 101 cm³/mol. The van der Waals surface area contributed by atoms with E-state index in [9.17, 15) is 0 Å². The van der Waals surface area contributed by atoms with E-state index >= 15 is 0 Å². The minimum absolute atomic E-state index is 0. The van der Waals surface area contributed by atoms with E-state index in [2.05, 4.69) is 40.7 Å². The van der Waals surface area contributed by atoms with E-state index in [0.29, 0.717) is 6.54 Å². The summed E-state index contributed by atoms with van der Waals surface area (Å²) in [6, 6.07) is 6.03. The van der Waals surface area contributed by atoms with Gasteiger partial charge in [-0.15, -0.1) is 30.6 Å². The third-order valence-electron chi connectivity index (χ3n) is 2.94. The van der Waals surface area contributed by atoms with Crippen LogP contribution >= 0.6 is 24.0 Å². The first-order valence-corrected chi connectivity index (χ1v) is 7.20. The molecule has 0 amide bonds. The number of aromatic nitrogens is 1. The lowest BCUT2D eigenvalue weighted by atomic mass is 10.3. The van der Waals surface area contributed by atoms with Crippen LogP contribution in [0.4, 0.5) is 0 Å². The van der Waals surface area contributed by atoms with Crippen molar-refractivity contribution in [2.24, 2.45) is 4.99 Å². The number of guanidine groups is 1. The van der Waals surface area contributed by atoms with Crippen molar-refractivity contribution in [2.75, 3.05) is 20.1 Å². The van der Waals surface area contributed by atoms with Gasteiger partial charge in [0, 0.05) is 25.8 Å². The van der Waals surface area contributed by atoms with Gasteiger partial charge in [0.2, 0.25) is 0 Å². The van der Waals surface area contributed by atoms with Gasteiger partial charge in [0.15, 0.2) is 5.96 Å². The Labute approximate surface area is 145 Å². The molecule has 0 bridgehead atoms. The van der Waals surface area contributed by atoms with E-state index in [4.69, 9.17) is 0 Å². The van der Waals surface area contributed by atoms with Crippen molar-refractivity contribution >= 4 is 29.9 Å². The van der Waals surface area contributed by atoms with E-state index in [0.717, 1.165) is 43.3 Å². The lowest BCUT2D eigenvalue weighted by Crippen LogP contribution is -2.39. The van der Waals surface area contributed by atoms with Gasteiger partial charge >= 0.3 is 0 Å². The number of aryl methyl sites for hydroxylation is 1. The smallest absolute Gasteiger partial charge is 0.194 e. The fraction of sp³-hybridized carbons (Fsp3) is 0.500. The van der Waals surface area contributed by atoms with Gasteiger partial charge in [0.25, 0.3) is 0 Å². The van der Waals surface area contributed by atoms with Crippen LogP contribution in [-0.2, 0) is 6.54 Å². The molecule has 118 valence electrons. The van der Waals surface area contributed by atoms with Crippen LogP contribution in [0.5, 0.6) is 0 Å². The van der Waals surface area contributed by atoms with E-state index < -0.39 is 0 Å². The molecule has 5 heteroatoms. The summed E-state index contributed by atoms with van der Waals surface area (Å²) in [5, 5.41) is 3.32. The summed E-state index contributed by atoms with van der Waals surface area (Å²) in [6.07, 6.45) is 4.07. The molecule has 1 aromatic heterocycles. The number of rotatable bonds is 7. The molecule has 0 aliphatic carbocycles. The van der Waals surface area contributed by atoms with Crippen molar-refractivity contribution in [3.8, 4) is 0 Å². The predicted octanol–water partition coefficient (Wildman–Crippen LogP) is 3.37. The topological polar surface area (TPSA) is 40.5 Å². The molecule has 0 spiro atoms. The van der Waals surface area contributed by atoms with Crippen LogP contribution in [0.15, 0.2) is 35.8 Å². The summed E-state index contributed by atoms with van der Waals surface area (Å²) in [6.45, 7) is 10.3. The van der Waals surface area contributed by atoms with Crippen LogP contribution in [0.1, 0.15) is 31.2 Å². The largest absolute Gasteiger partial charge is 0.357 e. The molecule has 0 saturated heterocycles. The first-order chi connectivity index (χ1) is 9.67. The molecule has 0 radical (unpaired) electrons. The molecule has 21 heavy (non-hydrogen) atoms. The monoisotopic (exact) mass is 402 g/mol. The normalized spacial score (nSPS) is 10.7. The lowest BCUT2D eigenvalue weighted by molar-refractivity contribution is 0.470. The molecule has 0 saturated carbocycles. The number of allylic oxidation sites excluding steroid dienone is 1. The van der Waals surface area contributed by atoms with Gasteiger partial charge in [-0.1, -0.05) is 12.1 Å². The number of hydrogen-bond acceptors (Lipinski definition) is 2. The average Bonchev–Trinajstić information content (AvgIpc) is 2.43. The van der Waals surface area contributed by atoms with E-state index in [1.807, 2.05) is 31.2 Å². The van der Waals surface area contributed by atoms with Gasteiger partial charge in [-0.25, -0.2) is 4.99 Å². The van der Waals surface area contributed by atoms with E-state index in [-0.39, 0.29) is 24.0 Å². The Bertz CT molecular complexity index is 446. The number of aliphatic imine (C=N–C) groups is 1. The lowest BCUT2D eigenvalue weighted by Gasteiger charge is -2.21. The average molecular weight is 402 g/mol. The molecule has 1 rings (SSSR count). The van der Waals surface area contributed by atoms with Crippen molar-refractivity contribution in [3.05, 3.63) is 42.2 Å². The molecule has 0 aromatic carbocycles. The Hall–Kier alpha value is -1.11. The van der Waals surface area contributed by atoms with Gasteiger partial charge in [0.05, 0.1) is 12.2 Å². The molecular formula is C16H27IN4. The summed E-state index contributed by atoms with van der Waals surface area (Å²) in [5.41, 5.74) is 2.03. The van der Waals surface area contributed by atoms with Gasteiger partial charge in [0.1, 0.15) is 0 Å². The maximum absolute atomic E-state index is 4.65. The molecule has 1 aromatic rings. The Balaban J connectivity index is 0.00000400. The Kier molecular flexibility index (Phi) is 10.9. The van der Waals surface area contributed by atoms with Crippen LogP contribution in [0, 0.1) is 6.92 Å².